The lowest BCUT2D eigenvalue weighted by Crippen LogP contribution is -2.30. The van der Waals surface area contributed by atoms with Crippen LogP contribution in [-0.2, 0) is 24.3 Å². The first-order valence-corrected chi connectivity index (χ1v) is 11.2. The molecule has 4 rings (SSSR count). The van der Waals surface area contributed by atoms with Crippen LogP contribution in [0.3, 0.4) is 0 Å². The van der Waals surface area contributed by atoms with Gasteiger partial charge < -0.3 is 19.5 Å². The fraction of sp³-hybridized carbons (Fsp3) is 0.348. The van der Waals surface area contributed by atoms with Crippen LogP contribution in [0.15, 0.2) is 52.4 Å². The van der Waals surface area contributed by atoms with E-state index in [0.717, 1.165) is 29.0 Å². The second-order valence-electron chi connectivity index (χ2n) is 7.58. The van der Waals surface area contributed by atoms with Crippen LogP contribution in [0, 0.1) is 5.92 Å². The van der Waals surface area contributed by atoms with E-state index in [0.29, 0.717) is 31.8 Å². The fourth-order valence-electron chi connectivity index (χ4n) is 3.28. The van der Waals surface area contributed by atoms with Crippen molar-refractivity contribution in [3.63, 3.8) is 0 Å². The SMILES string of the molecule is COc1ccc(CCNC(=O)c2cc(CN(Cc3cccs3)C(=O)C3CC3)on2)cc1. The molecule has 0 radical (unpaired) electrons. The van der Waals surface area contributed by atoms with Crippen LogP contribution in [0.1, 0.15) is 39.5 Å². The van der Waals surface area contributed by atoms with E-state index in [2.05, 4.69) is 10.5 Å². The monoisotopic (exact) mass is 439 g/mol. The number of nitrogens with zero attached hydrogens (tertiary/aromatic N) is 2. The number of aromatic nitrogens is 1. The lowest BCUT2D eigenvalue weighted by molar-refractivity contribution is -0.134. The Morgan fingerprint density at radius 3 is 2.71 bits per heavy atom. The van der Waals surface area contributed by atoms with E-state index >= 15 is 0 Å². The third-order valence-corrected chi connectivity index (χ3v) is 6.02. The van der Waals surface area contributed by atoms with Crippen molar-refractivity contribution in [1.82, 2.24) is 15.4 Å². The van der Waals surface area contributed by atoms with Gasteiger partial charge in [0.05, 0.1) is 20.2 Å². The van der Waals surface area contributed by atoms with Crippen LogP contribution in [0.4, 0.5) is 0 Å². The Labute approximate surface area is 185 Å². The Hall–Kier alpha value is -3.13. The largest absolute Gasteiger partial charge is 0.497 e. The van der Waals surface area contributed by atoms with Gasteiger partial charge in [-0.25, -0.2) is 0 Å². The van der Waals surface area contributed by atoms with Gasteiger partial charge in [0.15, 0.2) is 11.5 Å². The van der Waals surface area contributed by atoms with E-state index in [1.807, 2.05) is 41.8 Å². The van der Waals surface area contributed by atoms with Gasteiger partial charge in [0.25, 0.3) is 5.91 Å². The Morgan fingerprint density at radius 1 is 1.23 bits per heavy atom. The maximum Gasteiger partial charge on any atom is 0.273 e. The van der Waals surface area contributed by atoms with Crippen LogP contribution in [0.5, 0.6) is 5.75 Å². The minimum atomic E-state index is -0.290. The topological polar surface area (TPSA) is 84.7 Å². The van der Waals surface area contributed by atoms with Crippen molar-refractivity contribution in [1.29, 1.82) is 0 Å². The highest BCUT2D eigenvalue weighted by Gasteiger charge is 2.34. The number of methoxy groups -OCH3 is 1. The van der Waals surface area contributed by atoms with E-state index in [-0.39, 0.29) is 23.4 Å². The van der Waals surface area contributed by atoms with E-state index < -0.39 is 0 Å². The van der Waals surface area contributed by atoms with Gasteiger partial charge in [-0.2, -0.15) is 0 Å². The van der Waals surface area contributed by atoms with Crippen molar-refractivity contribution in [3.8, 4) is 5.75 Å². The second-order valence-corrected chi connectivity index (χ2v) is 8.61. The number of thiophene rings is 1. The van der Waals surface area contributed by atoms with E-state index in [1.54, 1.807) is 29.4 Å². The molecular formula is C23H25N3O4S. The minimum absolute atomic E-state index is 0.114. The molecule has 7 nitrogen and oxygen atoms in total. The van der Waals surface area contributed by atoms with Crippen molar-refractivity contribution in [3.05, 3.63) is 69.7 Å². The second kappa shape index (κ2) is 9.78. The zero-order chi connectivity index (χ0) is 21.6. The standard InChI is InChI=1S/C23H25N3O4S/c1-29-18-8-4-16(5-9-18)10-11-24-22(27)21-13-19(30-25-21)14-26(23(28)17-6-7-17)15-20-3-2-12-31-20/h2-5,8-9,12-13,17H,6-7,10-11,14-15H2,1H3,(H,24,27). The molecule has 1 aromatic carbocycles. The van der Waals surface area contributed by atoms with Gasteiger partial charge in [0.1, 0.15) is 5.75 Å². The zero-order valence-electron chi connectivity index (χ0n) is 17.4. The van der Waals surface area contributed by atoms with Crippen LogP contribution in [-0.4, -0.2) is 35.5 Å². The number of benzene rings is 1. The number of rotatable bonds is 10. The molecule has 0 saturated heterocycles. The molecule has 0 aliphatic heterocycles. The predicted octanol–water partition coefficient (Wildman–Crippen LogP) is 3.66. The quantitative estimate of drug-likeness (QED) is 0.521. The van der Waals surface area contributed by atoms with Gasteiger partial charge in [-0.05, 0) is 48.4 Å². The molecule has 31 heavy (non-hydrogen) atoms. The molecule has 162 valence electrons. The van der Waals surface area contributed by atoms with Gasteiger partial charge in [0.2, 0.25) is 5.91 Å². The Morgan fingerprint density at radius 2 is 2.03 bits per heavy atom. The highest BCUT2D eigenvalue weighted by Crippen LogP contribution is 2.32. The number of hydrogen-bond donors (Lipinski definition) is 1. The number of carbonyl (C=O) groups is 2. The lowest BCUT2D eigenvalue weighted by atomic mass is 10.1. The number of amides is 2. The maximum absolute atomic E-state index is 12.7. The van der Waals surface area contributed by atoms with Crippen molar-refractivity contribution < 1.29 is 18.8 Å². The Kier molecular flexibility index (Phi) is 6.66. The summed E-state index contributed by atoms with van der Waals surface area (Å²) < 4.78 is 10.5. The smallest absolute Gasteiger partial charge is 0.273 e. The molecule has 2 heterocycles. The summed E-state index contributed by atoms with van der Waals surface area (Å²) in [5.74, 6) is 1.27. The number of ether oxygens (including phenoxy) is 1. The molecular weight excluding hydrogens is 414 g/mol. The summed E-state index contributed by atoms with van der Waals surface area (Å²) in [4.78, 5) is 28.0. The molecule has 1 fully saturated rings. The Balaban J connectivity index is 1.31. The summed E-state index contributed by atoms with van der Waals surface area (Å²) in [6.45, 7) is 1.33. The number of hydrogen-bond acceptors (Lipinski definition) is 6. The highest BCUT2D eigenvalue weighted by atomic mass is 32.1. The average Bonchev–Trinajstić information content (AvgIpc) is 3.31. The summed E-state index contributed by atoms with van der Waals surface area (Å²) in [5.41, 5.74) is 1.32. The molecule has 0 spiro atoms. The van der Waals surface area contributed by atoms with Crippen molar-refractivity contribution in [2.75, 3.05) is 13.7 Å². The van der Waals surface area contributed by atoms with Crippen LogP contribution < -0.4 is 10.1 Å². The highest BCUT2D eigenvalue weighted by molar-refractivity contribution is 7.09. The van der Waals surface area contributed by atoms with Crippen molar-refractivity contribution in [2.45, 2.75) is 32.4 Å². The average molecular weight is 440 g/mol. The molecule has 3 aromatic rings. The van der Waals surface area contributed by atoms with E-state index in [1.165, 1.54) is 0 Å². The molecule has 0 atom stereocenters. The lowest BCUT2D eigenvalue weighted by Gasteiger charge is -2.20. The third-order valence-electron chi connectivity index (χ3n) is 5.16. The predicted molar refractivity (Wildman–Crippen MR) is 117 cm³/mol. The van der Waals surface area contributed by atoms with Gasteiger partial charge >= 0.3 is 0 Å². The fourth-order valence-corrected chi connectivity index (χ4v) is 4.00. The van der Waals surface area contributed by atoms with Gasteiger partial charge in [0, 0.05) is 23.4 Å². The van der Waals surface area contributed by atoms with E-state index in [4.69, 9.17) is 9.26 Å². The summed E-state index contributed by atoms with van der Waals surface area (Å²) >= 11 is 1.62. The molecule has 0 unspecified atom stereocenters. The van der Waals surface area contributed by atoms with Gasteiger partial charge in [-0.1, -0.05) is 23.4 Å². The molecule has 8 heteroatoms. The molecule has 1 saturated carbocycles. The van der Waals surface area contributed by atoms with Crippen LogP contribution in [0.2, 0.25) is 0 Å². The molecule has 1 aliphatic rings. The molecule has 2 aromatic heterocycles. The summed E-state index contributed by atoms with van der Waals surface area (Å²) in [6, 6.07) is 13.3. The van der Waals surface area contributed by atoms with Crippen LogP contribution in [0.25, 0.3) is 0 Å². The van der Waals surface area contributed by atoms with Gasteiger partial charge in [-0.15, -0.1) is 11.3 Å². The normalized spacial score (nSPS) is 13.1. The first-order chi connectivity index (χ1) is 15.1. The molecule has 1 aliphatic carbocycles. The van der Waals surface area contributed by atoms with E-state index in [9.17, 15) is 9.59 Å². The summed E-state index contributed by atoms with van der Waals surface area (Å²) in [7, 11) is 1.63. The van der Waals surface area contributed by atoms with Crippen molar-refractivity contribution in [2.24, 2.45) is 5.92 Å². The Bertz CT molecular complexity index is 1010. The summed E-state index contributed by atoms with van der Waals surface area (Å²) in [6.07, 6.45) is 2.58. The zero-order valence-corrected chi connectivity index (χ0v) is 18.2. The van der Waals surface area contributed by atoms with Crippen LogP contribution >= 0.6 is 11.3 Å². The molecule has 1 N–H and O–H groups in total. The molecule has 2 amide bonds. The maximum atomic E-state index is 12.7. The first-order valence-electron chi connectivity index (χ1n) is 10.3. The first kappa shape index (κ1) is 21.1. The number of carbonyl (C=O) groups excluding carboxylic acids is 2. The molecule has 0 bridgehead atoms. The third kappa shape index (κ3) is 5.73. The van der Waals surface area contributed by atoms with Crippen molar-refractivity contribution >= 4 is 23.2 Å². The summed E-state index contributed by atoms with van der Waals surface area (Å²) in [5, 5.41) is 8.75. The minimum Gasteiger partial charge on any atom is -0.497 e. The van der Waals surface area contributed by atoms with Gasteiger partial charge in [-0.3, -0.25) is 9.59 Å². The number of nitrogens with one attached hydrogen (secondary N) is 1.